The van der Waals surface area contributed by atoms with Crippen molar-refractivity contribution in [1.82, 2.24) is 10.2 Å². The number of hydrogen-bond acceptors (Lipinski definition) is 4. The van der Waals surface area contributed by atoms with Crippen LogP contribution in [0.4, 0.5) is 0 Å². The highest BCUT2D eigenvalue weighted by atomic mass is 32.2. The van der Waals surface area contributed by atoms with Crippen molar-refractivity contribution in [2.45, 2.75) is 38.6 Å². The lowest BCUT2D eigenvalue weighted by Crippen LogP contribution is -2.40. The lowest BCUT2D eigenvalue weighted by Gasteiger charge is -2.31. The molecule has 0 aromatic rings. The van der Waals surface area contributed by atoms with E-state index in [0.717, 1.165) is 18.3 Å². The summed E-state index contributed by atoms with van der Waals surface area (Å²) >= 11 is 1.93. The van der Waals surface area contributed by atoms with Gasteiger partial charge in [-0.1, -0.05) is 24.6 Å². The van der Waals surface area contributed by atoms with Gasteiger partial charge in [0.2, 0.25) is 0 Å². The molecular weight excluding hydrogens is 230 g/mol. The molecule has 98 valence electrons. The Balaban J connectivity index is 1.78. The number of thioether (sulfide) groups is 1. The topological polar surface area (TPSA) is 27.6 Å². The lowest BCUT2D eigenvalue weighted by molar-refractivity contribution is 0.313. The highest BCUT2D eigenvalue weighted by molar-refractivity contribution is 8.13. The second-order valence-corrected chi connectivity index (χ2v) is 6.77. The first-order valence-corrected chi connectivity index (χ1v) is 7.67. The van der Waals surface area contributed by atoms with Gasteiger partial charge in [0.25, 0.3) is 0 Å². The molecule has 0 saturated heterocycles. The van der Waals surface area contributed by atoms with Crippen LogP contribution in [0.1, 0.15) is 32.6 Å². The smallest absolute Gasteiger partial charge is 0.156 e. The molecule has 1 spiro atoms. The molecule has 2 aliphatic rings. The number of nitrogens with zero attached hydrogens (tertiary/aromatic N) is 2. The molecule has 1 heterocycles. The van der Waals surface area contributed by atoms with Crippen LogP contribution in [-0.4, -0.2) is 49.0 Å². The minimum atomic E-state index is 0.556. The molecule has 0 aromatic heterocycles. The Hall–Kier alpha value is -0.220. The fourth-order valence-corrected chi connectivity index (χ4v) is 3.67. The molecule has 1 atom stereocenters. The first kappa shape index (κ1) is 13.2. The monoisotopic (exact) mass is 255 g/mol. The van der Waals surface area contributed by atoms with E-state index in [1.165, 1.54) is 31.4 Å². The molecule has 3 nitrogen and oxygen atoms in total. The van der Waals surface area contributed by atoms with Crippen molar-refractivity contribution in [2.75, 3.05) is 32.9 Å². The number of hydrogen-bond donors (Lipinski definition) is 1. The van der Waals surface area contributed by atoms with Crippen LogP contribution in [0.2, 0.25) is 0 Å². The summed E-state index contributed by atoms with van der Waals surface area (Å²) in [6.07, 6.45) is 5.61. The SMILES string of the molecule is CC(CNC1=NCC2(CCCC2)CS1)N(C)C. The number of aliphatic imine (C=N–C) groups is 1. The van der Waals surface area contributed by atoms with Crippen LogP contribution < -0.4 is 5.32 Å². The summed E-state index contributed by atoms with van der Waals surface area (Å²) in [5.41, 5.74) is 0.559. The first-order valence-electron chi connectivity index (χ1n) is 6.69. The van der Waals surface area contributed by atoms with Gasteiger partial charge in [-0.05, 0) is 39.3 Å². The van der Waals surface area contributed by atoms with Crippen molar-refractivity contribution in [2.24, 2.45) is 10.4 Å². The molecule has 1 aliphatic carbocycles. The second kappa shape index (κ2) is 5.61. The summed E-state index contributed by atoms with van der Waals surface area (Å²) in [5, 5.41) is 4.64. The maximum Gasteiger partial charge on any atom is 0.156 e. The molecule has 17 heavy (non-hydrogen) atoms. The van der Waals surface area contributed by atoms with E-state index in [1.807, 2.05) is 11.8 Å². The average Bonchev–Trinajstić information content (AvgIpc) is 2.76. The maximum absolute atomic E-state index is 4.75. The molecule has 0 amide bonds. The van der Waals surface area contributed by atoms with E-state index in [4.69, 9.17) is 4.99 Å². The zero-order valence-electron chi connectivity index (χ0n) is 11.3. The van der Waals surface area contributed by atoms with Crippen LogP contribution in [0.25, 0.3) is 0 Å². The summed E-state index contributed by atoms with van der Waals surface area (Å²) in [5.74, 6) is 1.27. The average molecular weight is 255 g/mol. The molecule has 1 fully saturated rings. The zero-order chi connectivity index (χ0) is 12.3. The lowest BCUT2D eigenvalue weighted by atomic mass is 9.89. The summed E-state index contributed by atoms with van der Waals surface area (Å²) in [4.78, 5) is 6.98. The third-order valence-corrected chi connectivity index (χ3v) is 5.47. The molecule has 1 unspecified atom stereocenters. The third-order valence-electron chi connectivity index (χ3n) is 4.17. The molecule has 4 heteroatoms. The minimum absolute atomic E-state index is 0.556. The Morgan fingerprint density at radius 2 is 2.12 bits per heavy atom. The Kier molecular flexibility index (Phi) is 4.36. The predicted octanol–water partition coefficient (Wildman–Crippen LogP) is 2.19. The Morgan fingerprint density at radius 1 is 1.41 bits per heavy atom. The highest BCUT2D eigenvalue weighted by Gasteiger charge is 2.36. The van der Waals surface area contributed by atoms with E-state index in [2.05, 4.69) is 31.2 Å². The van der Waals surface area contributed by atoms with Crippen LogP contribution >= 0.6 is 11.8 Å². The van der Waals surface area contributed by atoms with Gasteiger partial charge in [-0.25, -0.2) is 0 Å². The molecular formula is C13H25N3S. The van der Waals surface area contributed by atoms with Crippen LogP contribution in [0.3, 0.4) is 0 Å². The fraction of sp³-hybridized carbons (Fsp3) is 0.923. The standard InChI is InChI=1S/C13H25N3S/c1-11(16(2)3)8-14-12-15-9-13(10-17-12)6-4-5-7-13/h11H,4-10H2,1-3H3,(H,14,15). The van der Waals surface area contributed by atoms with E-state index >= 15 is 0 Å². The quantitative estimate of drug-likeness (QED) is 0.838. The van der Waals surface area contributed by atoms with Gasteiger partial charge in [-0.3, -0.25) is 4.99 Å². The van der Waals surface area contributed by atoms with Crippen molar-refractivity contribution in [3.63, 3.8) is 0 Å². The molecule has 0 aromatic carbocycles. The van der Waals surface area contributed by atoms with Crippen molar-refractivity contribution in [3.8, 4) is 0 Å². The molecule has 1 saturated carbocycles. The molecule has 0 bridgehead atoms. The van der Waals surface area contributed by atoms with Crippen molar-refractivity contribution in [1.29, 1.82) is 0 Å². The summed E-state index contributed by atoms with van der Waals surface area (Å²) in [6.45, 7) is 4.28. The van der Waals surface area contributed by atoms with Crippen LogP contribution in [0, 0.1) is 5.41 Å². The van der Waals surface area contributed by atoms with Gasteiger partial charge in [0.05, 0.1) is 0 Å². The summed E-state index contributed by atoms with van der Waals surface area (Å²) in [7, 11) is 4.24. The highest BCUT2D eigenvalue weighted by Crippen LogP contribution is 2.43. The van der Waals surface area contributed by atoms with Gasteiger partial charge < -0.3 is 10.2 Å². The number of nitrogens with one attached hydrogen (secondary N) is 1. The molecule has 2 rings (SSSR count). The number of amidine groups is 1. The third kappa shape index (κ3) is 3.38. The largest absolute Gasteiger partial charge is 0.363 e. The Bertz CT molecular complexity index is 282. The molecule has 1 N–H and O–H groups in total. The summed E-state index contributed by atoms with van der Waals surface area (Å²) in [6, 6.07) is 0.556. The molecule has 0 radical (unpaired) electrons. The van der Waals surface area contributed by atoms with Crippen LogP contribution in [0.5, 0.6) is 0 Å². The Labute approximate surface area is 109 Å². The van der Waals surface area contributed by atoms with Gasteiger partial charge in [0, 0.05) is 24.9 Å². The fourth-order valence-electron chi connectivity index (χ4n) is 2.50. The van der Waals surface area contributed by atoms with Gasteiger partial charge in [0.15, 0.2) is 5.17 Å². The van der Waals surface area contributed by atoms with Crippen LogP contribution in [0.15, 0.2) is 4.99 Å². The Morgan fingerprint density at radius 3 is 2.65 bits per heavy atom. The van der Waals surface area contributed by atoms with Crippen molar-refractivity contribution >= 4 is 16.9 Å². The maximum atomic E-state index is 4.75. The van der Waals surface area contributed by atoms with E-state index in [9.17, 15) is 0 Å². The van der Waals surface area contributed by atoms with E-state index < -0.39 is 0 Å². The van der Waals surface area contributed by atoms with E-state index in [1.54, 1.807) is 0 Å². The second-order valence-electron chi connectivity index (χ2n) is 5.81. The first-order chi connectivity index (χ1) is 8.11. The molecule has 1 aliphatic heterocycles. The number of likely N-dealkylation sites (N-methyl/N-ethyl adjacent to an activating group) is 1. The number of rotatable bonds is 3. The van der Waals surface area contributed by atoms with Gasteiger partial charge in [-0.15, -0.1) is 0 Å². The van der Waals surface area contributed by atoms with Crippen molar-refractivity contribution in [3.05, 3.63) is 0 Å². The summed E-state index contributed by atoms with van der Waals surface area (Å²) < 4.78 is 0. The van der Waals surface area contributed by atoms with Crippen molar-refractivity contribution < 1.29 is 0 Å². The van der Waals surface area contributed by atoms with Gasteiger partial charge in [0.1, 0.15) is 0 Å². The van der Waals surface area contributed by atoms with Crippen LogP contribution in [-0.2, 0) is 0 Å². The van der Waals surface area contributed by atoms with E-state index in [-0.39, 0.29) is 0 Å². The minimum Gasteiger partial charge on any atom is -0.363 e. The zero-order valence-corrected chi connectivity index (χ0v) is 12.1. The van der Waals surface area contributed by atoms with Gasteiger partial charge >= 0.3 is 0 Å². The normalized spacial score (nSPS) is 25.1. The predicted molar refractivity (Wildman–Crippen MR) is 76.8 cm³/mol. The van der Waals surface area contributed by atoms with Gasteiger partial charge in [-0.2, -0.15) is 0 Å². The van der Waals surface area contributed by atoms with E-state index in [0.29, 0.717) is 11.5 Å².